The molecule has 1 N–H and O–H groups in total. The van der Waals surface area contributed by atoms with Gasteiger partial charge in [0.2, 0.25) is 0 Å². The lowest BCUT2D eigenvalue weighted by molar-refractivity contribution is -0.157. The molecule has 3 saturated heterocycles. The Morgan fingerprint density at radius 2 is 1.95 bits per heavy atom. The molecule has 3 fully saturated rings. The smallest absolute Gasteiger partial charge is 0.310 e. The van der Waals surface area contributed by atoms with Gasteiger partial charge in [-0.2, -0.15) is 0 Å². The molecule has 2 aromatic rings. The second kappa shape index (κ2) is 11.0. The largest absolute Gasteiger partial charge is 0.461 e. The van der Waals surface area contributed by atoms with Crippen molar-refractivity contribution in [2.75, 3.05) is 0 Å². The van der Waals surface area contributed by atoms with Crippen LogP contribution in [0.4, 0.5) is 0 Å². The Morgan fingerprint density at radius 1 is 1.18 bits per heavy atom. The van der Waals surface area contributed by atoms with Gasteiger partial charge in [-0.25, -0.2) is 4.98 Å². The first-order chi connectivity index (χ1) is 18.9. The Hall–Kier alpha value is -2.62. The molecule has 4 heterocycles. The van der Waals surface area contributed by atoms with Crippen molar-refractivity contribution in [3.63, 3.8) is 0 Å². The number of nitrogens with zero attached hydrogens (tertiary/aromatic N) is 1. The number of aliphatic hydroxyl groups excluding tert-OH is 1. The summed E-state index contributed by atoms with van der Waals surface area (Å²) in [4.78, 5) is 44.4. The number of carbonyl (C=O) groups is 3. The molecule has 0 bridgehead atoms. The van der Waals surface area contributed by atoms with Crippen LogP contribution in [0.2, 0.25) is 0 Å². The quantitative estimate of drug-likeness (QED) is 0.297. The van der Waals surface area contributed by atoms with Gasteiger partial charge in [0, 0.05) is 12.3 Å². The number of ketones is 1. The minimum Gasteiger partial charge on any atom is -0.461 e. The lowest BCUT2D eigenvalue weighted by atomic mass is 9.69. The summed E-state index contributed by atoms with van der Waals surface area (Å²) in [6.07, 6.45) is 1.77. The number of aliphatic hydroxyl groups is 1. The topological polar surface area (TPSA) is 115 Å². The van der Waals surface area contributed by atoms with Crippen molar-refractivity contribution < 1.29 is 33.7 Å². The molecule has 5 rings (SSSR count). The first-order valence-electron chi connectivity index (χ1n) is 14.2. The van der Waals surface area contributed by atoms with Gasteiger partial charge in [0.25, 0.3) is 0 Å². The molecule has 216 valence electrons. The molecule has 3 aliphatic heterocycles. The van der Waals surface area contributed by atoms with Gasteiger partial charge in [0.05, 0.1) is 51.3 Å². The maximum atomic E-state index is 13.9. The summed E-state index contributed by atoms with van der Waals surface area (Å²) in [5.41, 5.74) is 0.0807. The van der Waals surface area contributed by atoms with E-state index in [1.165, 1.54) is 0 Å². The van der Waals surface area contributed by atoms with Crippen LogP contribution in [0.3, 0.4) is 0 Å². The minimum absolute atomic E-state index is 0.0871. The van der Waals surface area contributed by atoms with E-state index in [2.05, 4.69) is 18.5 Å². The Kier molecular flexibility index (Phi) is 7.94. The average molecular weight is 570 g/mol. The number of aryl methyl sites for hydroxylation is 1. The summed E-state index contributed by atoms with van der Waals surface area (Å²) >= 11 is 1.61. The van der Waals surface area contributed by atoms with Gasteiger partial charge < -0.3 is 19.3 Å². The van der Waals surface area contributed by atoms with Crippen molar-refractivity contribution in [2.24, 2.45) is 17.3 Å². The molecule has 40 heavy (non-hydrogen) atoms. The van der Waals surface area contributed by atoms with E-state index in [0.717, 1.165) is 40.1 Å². The summed E-state index contributed by atoms with van der Waals surface area (Å²) in [6.45, 7) is 11.4. The number of Topliss-reactive ketones (excluding diaryl/α,β-unsaturated/α-hetero) is 1. The Balaban J connectivity index is 1.47. The number of epoxide rings is 1. The minimum atomic E-state index is -1.26. The number of hydrogen-bond donors (Lipinski definition) is 1. The zero-order valence-electron chi connectivity index (χ0n) is 23.7. The van der Waals surface area contributed by atoms with E-state index >= 15 is 0 Å². The van der Waals surface area contributed by atoms with E-state index in [1.807, 2.05) is 32.0 Å². The van der Waals surface area contributed by atoms with Crippen LogP contribution >= 0.6 is 11.3 Å². The van der Waals surface area contributed by atoms with E-state index in [0.29, 0.717) is 6.42 Å². The number of esters is 2. The van der Waals surface area contributed by atoms with E-state index in [9.17, 15) is 19.5 Å². The molecule has 0 radical (unpaired) electrons. The molecule has 0 amide bonds. The number of thiazole rings is 1. The molecule has 0 aliphatic carbocycles. The van der Waals surface area contributed by atoms with Crippen LogP contribution in [-0.2, 0) is 28.6 Å². The highest BCUT2D eigenvalue weighted by atomic mass is 32.1. The molecule has 0 spiro atoms. The fourth-order valence-corrected chi connectivity index (χ4v) is 7.28. The maximum absolute atomic E-state index is 13.9. The molecule has 0 unspecified atom stereocenters. The number of hydrogen-bond acceptors (Lipinski definition) is 9. The van der Waals surface area contributed by atoms with Crippen molar-refractivity contribution in [1.82, 2.24) is 4.98 Å². The monoisotopic (exact) mass is 569 g/mol. The molecule has 9 heteroatoms. The van der Waals surface area contributed by atoms with Crippen molar-refractivity contribution in [3.05, 3.63) is 41.4 Å². The average Bonchev–Trinajstić information content (AvgIpc) is 3.20. The molecule has 8 atom stereocenters. The molecular formula is C31H39NO7S. The van der Waals surface area contributed by atoms with Crippen LogP contribution in [0.25, 0.3) is 10.2 Å². The molecule has 8 nitrogen and oxygen atoms in total. The number of benzene rings is 1. The maximum Gasteiger partial charge on any atom is 0.310 e. The van der Waals surface area contributed by atoms with Crippen LogP contribution in [-0.4, -0.2) is 51.7 Å². The summed E-state index contributed by atoms with van der Waals surface area (Å²) in [7, 11) is 0. The second-order valence-electron chi connectivity index (χ2n) is 12.2. The van der Waals surface area contributed by atoms with Gasteiger partial charge in [-0.15, -0.1) is 17.9 Å². The number of ether oxygens (including phenoxy) is 3. The van der Waals surface area contributed by atoms with Crippen molar-refractivity contribution in [2.45, 2.75) is 103 Å². The van der Waals surface area contributed by atoms with Crippen LogP contribution in [0.5, 0.6) is 0 Å². The predicted octanol–water partition coefficient (Wildman–Crippen LogP) is 5.39. The van der Waals surface area contributed by atoms with E-state index in [4.69, 9.17) is 14.2 Å². The highest BCUT2D eigenvalue weighted by molar-refractivity contribution is 7.18. The molecule has 1 aromatic heterocycles. The Morgan fingerprint density at radius 3 is 2.70 bits per heavy atom. The lowest BCUT2D eigenvalue weighted by Crippen LogP contribution is -2.46. The van der Waals surface area contributed by atoms with E-state index < -0.39 is 41.6 Å². The highest BCUT2D eigenvalue weighted by Crippen LogP contribution is 2.48. The highest BCUT2D eigenvalue weighted by Gasteiger charge is 2.56. The summed E-state index contributed by atoms with van der Waals surface area (Å²) < 4.78 is 18.8. The zero-order chi connectivity index (χ0) is 28.8. The van der Waals surface area contributed by atoms with Gasteiger partial charge in [0.1, 0.15) is 18.0 Å². The van der Waals surface area contributed by atoms with Gasteiger partial charge in [-0.1, -0.05) is 25.5 Å². The van der Waals surface area contributed by atoms with E-state index in [-0.39, 0.29) is 42.7 Å². The normalized spacial score (nSPS) is 37.4. The third kappa shape index (κ3) is 5.60. The van der Waals surface area contributed by atoms with Crippen LogP contribution < -0.4 is 0 Å². The number of fused-ring (bicyclic) bond motifs is 3. The molecule has 1 aromatic carbocycles. The summed E-state index contributed by atoms with van der Waals surface area (Å²) in [6, 6.07) is 5.92. The lowest BCUT2D eigenvalue weighted by Gasteiger charge is -2.34. The number of aromatic nitrogens is 1. The number of allylic oxidation sites excluding steroid dienone is 1. The Bertz CT molecular complexity index is 1320. The SMILES string of the molecule is C=CC[C@H]1C(=O)[C@]2(C)CC(=O)O[C@H]2CC(=O)O[C@H](c2ccc3sc(C)nc3c2)C[C@@H]2O[C@]2(C)CCC[C@H](C)[C@@H]1O. The number of carbonyl (C=O) groups excluding carboxylic acids is 3. The fourth-order valence-electron chi connectivity index (χ4n) is 6.48. The van der Waals surface area contributed by atoms with Crippen LogP contribution in [0.1, 0.15) is 82.4 Å². The van der Waals surface area contributed by atoms with Crippen molar-refractivity contribution in [3.8, 4) is 0 Å². The summed E-state index contributed by atoms with van der Waals surface area (Å²) in [5, 5.41) is 12.2. The van der Waals surface area contributed by atoms with Gasteiger partial charge >= 0.3 is 11.9 Å². The van der Waals surface area contributed by atoms with Crippen molar-refractivity contribution in [1.29, 1.82) is 0 Å². The summed E-state index contributed by atoms with van der Waals surface area (Å²) in [5.74, 6) is -2.26. The van der Waals surface area contributed by atoms with Crippen LogP contribution in [0, 0.1) is 24.2 Å². The second-order valence-corrected chi connectivity index (χ2v) is 13.5. The predicted molar refractivity (Wildman–Crippen MR) is 151 cm³/mol. The van der Waals surface area contributed by atoms with E-state index in [1.54, 1.807) is 24.3 Å². The Labute approximate surface area is 239 Å². The first kappa shape index (κ1) is 28.9. The zero-order valence-corrected chi connectivity index (χ0v) is 24.5. The van der Waals surface area contributed by atoms with Gasteiger partial charge in [0.15, 0.2) is 0 Å². The third-order valence-electron chi connectivity index (χ3n) is 9.12. The molecule has 3 aliphatic rings. The first-order valence-corrected chi connectivity index (χ1v) is 15.0. The van der Waals surface area contributed by atoms with Gasteiger partial charge in [-0.3, -0.25) is 14.4 Å². The molecule has 0 saturated carbocycles. The standard InChI is InChI=1S/C31H39NO7S/c1-6-8-20-28(35)17(2)9-7-12-31(5)25(39-31)14-22(19-10-11-23-21(13-19)32-18(3)40-23)37-26(33)15-24-30(4,29(20)36)16-27(34)38-24/h6,10-11,13,17,20,22,24-25,28,35H,1,7-9,12,14-16H2,2-5H3/t17-,20+,22-,24-,25-,28-,30+,31+/m0/s1. The van der Waals surface area contributed by atoms with Crippen molar-refractivity contribution >= 4 is 39.3 Å². The third-order valence-corrected chi connectivity index (χ3v) is 10.1. The van der Waals surface area contributed by atoms with Crippen LogP contribution in [0.15, 0.2) is 30.9 Å². The fraction of sp³-hybridized carbons (Fsp3) is 0.613. The van der Waals surface area contributed by atoms with Gasteiger partial charge in [-0.05, 0) is 63.6 Å². The number of rotatable bonds is 3. The molecular weight excluding hydrogens is 530 g/mol. The number of cyclic esters (lactones) is 1.